The standard InChI is InChI=1S/C27H25NS/c1-15-11-12-18-7-6-9-21(27(18)28-15)24-16(2)17(3)25-20(24)13-14-23-26(25)19-8-4-5-10-22(19)29-23/h4-10,13-16,28H,11-12H2,1-3H3. The van der Waals surface area contributed by atoms with Crippen LogP contribution in [0.4, 0.5) is 5.69 Å². The summed E-state index contributed by atoms with van der Waals surface area (Å²) in [4.78, 5) is 0. The molecule has 2 atom stereocenters. The minimum atomic E-state index is 0.430. The monoisotopic (exact) mass is 395 g/mol. The smallest absolute Gasteiger partial charge is 0.0451 e. The summed E-state index contributed by atoms with van der Waals surface area (Å²) in [6, 6.07) is 21.0. The van der Waals surface area contributed by atoms with Crippen LogP contribution >= 0.6 is 11.3 Å². The Morgan fingerprint density at radius 3 is 2.69 bits per heavy atom. The normalized spacial score (nSPS) is 20.8. The fourth-order valence-electron chi connectivity index (χ4n) is 5.39. The lowest BCUT2D eigenvalue weighted by molar-refractivity contribution is 0.680. The van der Waals surface area contributed by atoms with Crippen molar-refractivity contribution in [2.45, 2.75) is 39.7 Å². The number of benzene rings is 3. The van der Waals surface area contributed by atoms with Gasteiger partial charge in [0.15, 0.2) is 0 Å². The van der Waals surface area contributed by atoms with Crippen LogP contribution in [0.5, 0.6) is 0 Å². The Morgan fingerprint density at radius 2 is 1.79 bits per heavy atom. The van der Waals surface area contributed by atoms with Gasteiger partial charge in [-0.2, -0.15) is 0 Å². The van der Waals surface area contributed by atoms with Crippen LogP contribution in [0.25, 0.3) is 31.3 Å². The summed E-state index contributed by atoms with van der Waals surface area (Å²) in [6.07, 6.45) is 2.38. The highest BCUT2D eigenvalue weighted by molar-refractivity contribution is 7.25. The van der Waals surface area contributed by atoms with Crippen LogP contribution in [0.3, 0.4) is 0 Å². The zero-order valence-electron chi connectivity index (χ0n) is 17.2. The van der Waals surface area contributed by atoms with Crippen molar-refractivity contribution in [3.8, 4) is 0 Å². The van der Waals surface area contributed by atoms with Gasteiger partial charge in [0.1, 0.15) is 0 Å². The predicted molar refractivity (Wildman–Crippen MR) is 127 cm³/mol. The van der Waals surface area contributed by atoms with Gasteiger partial charge in [-0.15, -0.1) is 11.3 Å². The van der Waals surface area contributed by atoms with Gasteiger partial charge in [-0.25, -0.2) is 0 Å². The van der Waals surface area contributed by atoms with E-state index in [1.54, 1.807) is 0 Å². The van der Waals surface area contributed by atoms with E-state index in [1.807, 2.05) is 11.3 Å². The average molecular weight is 396 g/mol. The maximum Gasteiger partial charge on any atom is 0.0451 e. The number of thiophene rings is 1. The van der Waals surface area contributed by atoms with E-state index < -0.39 is 0 Å². The Morgan fingerprint density at radius 1 is 0.931 bits per heavy atom. The lowest BCUT2D eigenvalue weighted by Crippen LogP contribution is -2.26. The molecule has 6 rings (SSSR count). The summed E-state index contributed by atoms with van der Waals surface area (Å²) in [5, 5.41) is 9.57. The van der Waals surface area contributed by atoms with Gasteiger partial charge in [0.2, 0.25) is 0 Å². The number of hydrogen-bond acceptors (Lipinski definition) is 2. The summed E-state index contributed by atoms with van der Waals surface area (Å²) in [6.45, 7) is 7.03. The van der Waals surface area contributed by atoms with Gasteiger partial charge in [0.05, 0.1) is 0 Å². The Kier molecular flexibility index (Phi) is 3.70. The number of nitrogens with one attached hydrogen (secondary N) is 1. The third-order valence-electron chi connectivity index (χ3n) is 6.99. The van der Waals surface area contributed by atoms with Crippen LogP contribution in [0.2, 0.25) is 0 Å². The molecule has 2 heterocycles. The molecule has 2 aliphatic rings. The molecule has 0 saturated carbocycles. The van der Waals surface area contributed by atoms with Crippen molar-refractivity contribution in [2.24, 2.45) is 5.92 Å². The second kappa shape index (κ2) is 6.21. The summed E-state index contributed by atoms with van der Waals surface area (Å²) in [7, 11) is 0. The fraction of sp³-hybridized carbons (Fsp3) is 0.259. The van der Waals surface area contributed by atoms with Crippen LogP contribution in [0.1, 0.15) is 38.3 Å². The molecule has 0 saturated heterocycles. The van der Waals surface area contributed by atoms with E-state index in [-0.39, 0.29) is 0 Å². The number of para-hydroxylation sites is 1. The van der Waals surface area contributed by atoms with E-state index in [2.05, 4.69) is 80.7 Å². The SMILES string of the molecule is CC1=c2c(ccc3sc4ccccc4c23)=C(c2cccc3c2NC(C)CC3)C1C. The highest BCUT2D eigenvalue weighted by atomic mass is 32.1. The van der Waals surface area contributed by atoms with Crippen molar-refractivity contribution in [1.29, 1.82) is 0 Å². The first-order chi connectivity index (χ1) is 14.1. The molecular weight excluding hydrogens is 370 g/mol. The zero-order valence-corrected chi connectivity index (χ0v) is 18.0. The molecule has 1 N–H and O–H groups in total. The third kappa shape index (κ3) is 2.39. The molecule has 3 aromatic carbocycles. The first-order valence-electron chi connectivity index (χ1n) is 10.7. The molecule has 2 heteroatoms. The summed E-state index contributed by atoms with van der Waals surface area (Å²) in [5.74, 6) is 0.430. The van der Waals surface area contributed by atoms with Gasteiger partial charge in [-0.3, -0.25) is 0 Å². The lowest BCUT2D eigenvalue weighted by Gasteiger charge is -2.28. The predicted octanol–water partition coefficient (Wildman–Crippen LogP) is 5.82. The van der Waals surface area contributed by atoms with E-state index >= 15 is 0 Å². The lowest BCUT2D eigenvalue weighted by atomic mass is 9.87. The highest BCUT2D eigenvalue weighted by Gasteiger charge is 2.27. The maximum absolute atomic E-state index is 3.81. The van der Waals surface area contributed by atoms with E-state index in [0.717, 1.165) is 0 Å². The van der Waals surface area contributed by atoms with Crippen molar-refractivity contribution in [2.75, 3.05) is 5.32 Å². The van der Waals surface area contributed by atoms with Crippen molar-refractivity contribution >= 4 is 48.3 Å². The van der Waals surface area contributed by atoms with Crippen molar-refractivity contribution in [3.63, 3.8) is 0 Å². The molecule has 4 aromatic rings. The molecule has 1 aliphatic carbocycles. The molecule has 144 valence electrons. The molecular formula is C27H25NS. The van der Waals surface area contributed by atoms with Crippen LogP contribution in [-0.2, 0) is 6.42 Å². The molecule has 0 amide bonds. The fourth-order valence-corrected chi connectivity index (χ4v) is 6.50. The van der Waals surface area contributed by atoms with Gasteiger partial charge in [-0.1, -0.05) is 55.0 Å². The molecule has 2 unspecified atom stereocenters. The van der Waals surface area contributed by atoms with Crippen LogP contribution in [0, 0.1) is 5.92 Å². The number of aryl methyl sites for hydroxylation is 1. The Balaban J connectivity index is 1.75. The molecule has 0 fully saturated rings. The third-order valence-corrected chi connectivity index (χ3v) is 8.12. The molecule has 0 bridgehead atoms. The molecule has 0 spiro atoms. The van der Waals surface area contributed by atoms with Crippen LogP contribution < -0.4 is 15.8 Å². The molecule has 1 nitrogen and oxygen atoms in total. The molecule has 1 aromatic heterocycles. The zero-order chi connectivity index (χ0) is 19.7. The van der Waals surface area contributed by atoms with E-state index in [1.165, 1.54) is 71.4 Å². The topological polar surface area (TPSA) is 12.0 Å². The Bertz CT molecular complexity index is 1420. The summed E-state index contributed by atoms with van der Waals surface area (Å²) in [5.41, 5.74) is 7.23. The minimum absolute atomic E-state index is 0.430. The first kappa shape index (κ1) is 17.3. The summed E-state index contributed by atoms with van der Waals surface area (Å²) >= 11 is 1.92. The minimum Gasteiger partial charge on any atom is -0.382 e. The second-order valence-corrected chi connectivity index (χ2v) is 9.79. The quantitative estimate of drug-likeness (QED) is 0.428. The van der Waals surface area contributed by atoms with Crippen LogP contribution in [-0.4, -0.2) is 6.04 Å². The largest absolute Gasteiger partial charge is 0.382 e. The molecule has 1 aliphatic heterocycles. The summed E-state index contributed by atoms with van der Waals surface area (Å²) < 4.78 is 2.79. The van der Waals surface area contributed by atoms with E-state index in [9.17, 15) is 0 Å². The van der Waals surface area contributed by atoms with Gasteiger partial charge in [-0.05, 0) is 60.4 Å². The van der Waals surface area contributed by atoms with Gasteiger partial charge in [0.25, 0.3) is 0 Å². The number of fused-ring (bicyclic) bond motifs is 6. The highest BCUT2D eigenvalue weighted by Crippen LogP contribution is 2.39. The average Bonchev–Trinajstić information content (AvgIpc) is 3.23. The second-order valence-electron chi connectivity index (χ2n) is 8.70. The van der Waals surface area contributed by atoms with Gasteiger partial charge >= 0.3 is 0 Å². The van der Waals surface area contributed by atoms with Crippen molar-refractivity contribution < 1.29 is 0 Å². The van der Waals surface area contributed by atoms with Crippen LogP contribution in [0.15, 0.2) is 54.6 Å². The van der Waals surface area contributed by atoms with E-state index in [4.69, 9.17) is 0 Å². The number of anilines is 1. The van der Waals surface area contributed by atoms with Gasteiger partial charge < -0.3 is 5.32 Å². The van der Waals surface area contributed by atoms with Crippen molar-refractivity contribution in [1.82, 2.24) is 0 Å². The number of hydrogen-bond donors (Lipinski definition) is 1. The first-order valence-corrected chi connectivity index (χ1v) is 11.5. The maximum atomic E-state index is 3.81. The molecule has 0 radical (unpaired) electrons. The molecule has 29 heavy (non-hydrogen) atoms. The van der Waals surface area contributed by atoms with Crippen molar-refractivity contribution in [3.05, 3.63) is 76.2 Å². The Labute approximate surface area is 175 Å². The Hall–Kier alpha value is -2.58. The number of rotatable bonds is 1. The van der Waals surface area contributed by atoms with E-state index in [0.29, 0.717) is 12.0 Å². The van der Waals surface area contributed by atoms with Gasteiger partial charge in [0, 0.05) is 43.4 Å².